The van der Waals surface area contributed by atoms with E-state index in [-0.39, 0.29) is 11.6 Å². The van der Waals surface area contributed by atoms with E-state index in [0.29, 0.717) is 39.2 Å². The molecule has 0 atom stereocenters. The molecule has 170 valence electrons. The molecule has 0 radical (unpaired) electrons. The molecule has 34 heavy (non-hydrogen) atoms. The predicted octanol–water partition coefficient (Wildman–Crippen LogP) is 6.28. The minimum atomic E-state index is -0.458. The topological polar surface area (TPSA) is 105 Å². The van der Waals surface area contributed by atoms with E-state index in [1.807, 2.05) is 30.5 Å². The van der Waals surface area contributed by atoms with Gasteiger partial charge in [-0.3, -0.25) is 19.8 Å². The third-order valence-electron chi connectivity index (χ3n) is 5.32. The van der Waals surface area contributed by atoms with Gasteiger partial charge in [0.15, 0.2) is 9.84 Å². The smallest absolute Gasteiger partial charge is 0.269 e. The summed E-state index contributed by atoms with van der Waals surface area (Å²) in [5.74, 6) is 0.383. The molecule has 0 saturated carbocycles. The Kier molecular flexibility index (Phi) is 6.08. The number of nitro benzene ring substituents is 1. The molecule has 3 heterocycles. The average Bonchev–Trinajstić information content (AvgIpc) is 3.51. The number of carbonyl (C=O) groups is 1. The number of carbonyl (C=O) groups excluding carboxylic acids is 1. The highest BCUT2D eigenvalue weighted by Crippen LogP contribution is 2.35. The Balaban J connectivity index is 1.45. The molecule has 0 bridgehead atoms. The average molecular weight is 537 g/mol. The van der Waals surface area contributed by atoms with E-state index in [0.717, 1.165) is 16.5 Å². The Labute approximate surface area is 206 Å². The number of amidine groups is 1. The Morgan fingerprint density at radius 3 is 2.68 bits per heavy atom. The summed E-state index contributed by atoms with van der Waals surface area (Å²) in [6.45, 7) is 0.429. The number of rotatable bonds is 6. The zero-order valence-corrected chi connectivity index (χ0v) is 20.0. The van der Waals surface area contributed by atoms with Crippen LogP contribution in [0.5, 0.6) is 0 Å². The molecule has 1 N–H and O–H groups in total. The van der Waals surface area contributed by atoms with Crippen LogP contribution in [-0.4, -0.2) is 32.4 Å². The van der Waals surface area contributed by atoms with E-state index in [4.69, 9.17) is 4.42 Å². The minimum Gasteiger partial charge on any atom is -0.450 e. The van der Waals surface area contributed by atoms with Gasteiger partial charge < -0.3 is 9.40 Å². The van der Waals surface area contributed by atoms with Crippen LogP contribution in [0, 0.1) is 10.1 Å². The number of furan rings is 1. The zero-order chi connectivity index (χ0) is 23.7. The van der Waals surface area contributed by atoms with Crippen LogP contribution in [-0.2, 0) is 11.2 Å². The maximum atomic E-state index is 13.3. The normalized spacial score (nSPS) is 16.3. The summed E-state index contributed by atoms with van der Waals surface area (Å²) in [4.78, 5) is 33.8. The SMILES string of the molecule is O=C1/C(=C/c2ccc(Br)o2)SC(=Nc2ccc([N+](=O)[O-])cc2)N1CCc1c[nH]c2ccccc12. The monoisotopic (exact) mass is 536 g/mol. The van der Waals surface area contributed by atoms with Crippen molar-refractivity contribution in [3.63, 3.8) is 0 Å². The first kappa shape index (κ1) is 22.2. The molecule has 10 heteroatoms. The fourth-order valence-electron chi connectivity index (χ4n) is 3.65. The Morgan fingerprint density at radius 1 is 1.15 bits per heavy atom. The molecule has 1 saturated heterocycles. The number of hydrogen-bond acceptors (Lipinski definition) is 6. The standard InChI is InChI=1S/C24H17BrN4O4S/c25-22-10-9-18(33-22)13-21-23(30)28(12-11-15-14-26-20-4-2-1-3-19(15)20)24(34-21)27-16-5-7-17(8-6-16)29(31)32/h1-10,13-14,26H,11-12H2/b21-13-,27-24?. The number of H-pyrrole nitrogens is 1. The first-order valence-corrected chi connectivity index (χ1v) is 11.9. The van der Waals surface area contributed by atoms with Crippen molar-refractivity contribution in [3.05, 3.63) is 97.9 Å². The molecule has 5 rings (SSSR count). The molecule has 1 aliphatic heterocycles. The summed E-state index contributed by atoms with van der Waals surface area (Å²) in [6.07, 6.45) is 4.28. The number of thioether (sulfide) groups is 1. The molecule has 2 aromatic carbocycles. The van der Waals surface area contributed by atoms with Crippen molar-refractivity contribution >= 4 is 67.1 Å². The number of aromatic amines is 1. The van der Waals surface area contributed by atoms with Gasteiger partial charge in [0, 0.05) is 41.9 Å². The summed E-state index contributed by atoms with van der Waals surface area (Å²) in [7, 11) is 0. The van der Waals surface area contributed by atoms with Gasteiger partial charge in [0.25, 0.3) is 11.6 Å². The third-order valence-corrected chi connectivity index (χ3v) is 6.75. The van der Waals surface area contributed by atoms with Crippen molar-refractivity contribution in [2.75, 3.05) is 6.54 Å². The fraction of sp³-hybridized carbons (Fsp3) is 0.0833. The fourth-order valence-corrected chi connectivity index (χ4v) is 4.98. The maximum Gasteiger partial charge on any atom is 0.269 e. The van der Waals surface area contributed by atoms with Gasteiger partial charge in [-0.25, -0.2) is 4.99 Å². The predicted molar refractivity (Wildman–Crippen MR) is 136 cm³/mol. The second-order valence-electron chi connectivity index (χ2n) is 7.49. The van der Waals surface area contributed by atoms with Crippen LogP contribution in [0.25, 0.3) is 17.0 Å². The number of aromatic nitrogens is 1. The number of nitro groups is 1. The van der Waals surface area contributed by atoms with Crippen LogP contribution < -0.4 is 0 Å². The number of halogens is 1. The van der Waals surface area contributed by atoms with Gasteiger partial charge >= 0.3 is 0 Å². The van der Waals surface area contributed by atoms with Gasteiger partial charge in [-0.05, 0) is 70.0 Å². The number of aliphatic imine (C=N–C) groups is 1. The Bertz CT molecular complexity index is 1460. The molecule has 1 amide bonds. The molecule has 0 aliphatic carbocycles. The highest BCUT2D eigenvalue weighted by molar-refractivity contribution is 9.10. The summed E-state index contributed by atoms with van der Waals surface area (Å²) >= 11 is 4.52. The maximum absolute atomic E-state index is 13.3. The van der Waals surface area contributed by atoms with Gasteiger partial charge in [-0.1, -0.05) is 18.2 Å². The zero-order valence-electron chi connectivity index (χ0n) is 17.6. The lowest BCUT2D eigenvalue weighted by Crippen LogP contribution is -2.31. The number of non-ortho nitro benzene ring substituents is 1. The molecule has 8 nitrogen and oxygen atoms in total. The quantitative estimate of drug-likeness (QED) is 0.177. The lowest BCUT2D eigenvalue weighted by molar-refractivity contribution is -0.384. The summed E-state index contributed by atoms with van der Waals surface area (Å²) in [5.41, 5.74) is 2.66. The van der Waals surface area contributed by atoms with Crippen molar-refractivity contribution in [1.82, 2.24) is 9.88 Å². The van der Waals surface area contributed by atoms with Crippen LogP contribution in [0.15, 0.2) is 85.8 Å². The van der Waals surface area contributed by atoms with E-state index in [2.05, 4.69) is 25.9 Å². The first-order valence-electron chi connectivity index (χ1n) is 10.3. The Hall–Kier alpha value is -3.63. The number of benzene rings is 2. The van der Waals surface area contributed by atoms with Gasteiger partial charge in [0.1, 0.15) is 5.76 Å². The van der Waals surface area contributed by atoms with Crippen LogP contribution in [0.1, 0.15) is 11.3 Å². The van der Waals surface area contributed by atoms with Gasteiger partial charge in [-0.2, -0.15) is 0 Å². The van der Waals surface area contributed by atoms with E-state index >= 15 is 0 Å². The number of amides is 1. The highest BCUT2D eigenvalue weighted by Gasteiger charge is 2.33. The number of nitrogens with zero attached hydrogens (tertiary/aromatic N) is 3. The van der Waals surface area contributed by atoms with Crippen molar-refractivity contribution < 1.29 is 14.1 Å². The lowest BCUT2D eigenvalue weighted by atomic mass is 10.1. The number of hydrogen-bond donors (Lipinski definition) is 1. The largest absolute Gasteiger partial charge is 0.450 e. The summed E-state index contributed by atoms with van der Waals surface area (Å²) in [5, 5.41) is 12.6. The van der Waals surface area contributed by atoms with Crippen molar-refractivity contribution in [2.24, 2.45) is 4.99 Å². The van der Waals surface area contributed by atoms with Crippen LogP contribution in [0.4, 0.5) is 11.4 Å². The van der Waals surface area contributed by atoms with Crippen LogP contribution in [0.3, 0.4) is 0 Å². The van der Waals surface area contributed by atoms with E-state index in [1.165, 1.54) is 23.9 Å². The Morgan fingerprint density at radius 2 is 1.94 bits per heavy atom. The van der Waals surface area contributed by atoms with E-state index < -0.39 is 4.92 Å². The van der Waals surface area contributed by atoms with Gasteiger partial charge in [0.2, 0.25) is 0 Å². The van der Waals surface area contributed by atoms with Crippen molar-refractivity contribution in [1.29, 1.82) is 0 Å². The first-order chi connectivity index (χ1) is 16.5. The molecular formula is C24H17BrN4O4S. The highest BCUT2D eigenvalue weighted by atomic mass is 79.9. The van der Waals surface area contributed by atoms with Gasteiger partial charge in [-0.15, -0.1) is 0 Å². The summed E-state index contributed by atoms with van der Waals surface area (Å²) < 4.78 is 6.11. The summed E-state index contributed by atoms with van der Waals surface area (Å²) in [6, 6.07) is 17.5. The van der Waals surface area contributed by atoms with Crippen LogP contribution >= 0.6 is 27.7 Å². The molecule has 2 aromatic heterocycles. The van der Waals surface area contributed by atoms with Gasteiger partial charge in [0.05, 0.1) is 15.5 Å². The third kappa shape index (κ3) is 4.55. The lowest BCUT2D eigenvalue weighted by Gasteiger charge is -2.15. The molecule has 4 aromatic rings. The number of nitrogens with one attached hydrogen (secondary N) is 1. The molecule has 1 aliphatic rings. The van der Waals surface area contributed by atoms with Crippen LogP contribution in [0.2, 0.25) is 0 Å². The second kappa shape index (κ2) is 9.32. The number of para-hydroxylation sites is 1. The molecular weight excluding hydrogens is 520 g/mol. The minimum absolute atomic E-state index is 0.0146. The van der Waals surface area contributed by atoms with E-state index in [9.17, 15) is 14.9 Å². The van der Waals surface area contributed by atoms with Crippen molar-refractivity contribution in [2.45, 2.75) is 6.42 Å². The molecule has 1 fully saturated rings. The molecule has 0 unspecified atom stereocenters. The number of fused-ring (bicyclic) bond motifs is 1. The molecule has 0 spiro atoms. The second-order valence-corrected chi connectivity index (χ2v) is 9.28. The van der Waals surface area contributed by atoms with E-state index in [1.54, 1.807) is 35.2 Å². The van der Waals surface area contributed by atoms with Crippen molar-refractivity contribution in [3.8, 4) is 0 Å².